The van der Waals surface area contributed by atoms with E-state index in [1.807, 2.05) is 0 Å². The molecular weight excluding hydrogens is 312 g/mol. The number of rotatable bonds is 3. The first-order chi connectivity index (χ1) is 10.4. The lowest BCUT2D eigenvalue weighted by Gasteiger charge is -2.49. The van der Waals surface area contributed by atoms with Crippen molar-refractivity contribution in [2.24, 2.45) is 0 Å². The summed E-state index contributed by atoms with van der Waals surface area (Å²) >= 11 is 0. The van der Waals surface area contributed by atoms with E-state index in [1.165, 1.54) is 7.11 Å². The molecular formula is C13H18N2O6S. The highest BCUT2D eigenvalue weighted by molar-refractivity contribution is 7.92. The number of carbonyl (C=O) groups is 2. The summed E-state index contributed by atoms with van der Waals surface area (Å²) in [5, 5.41) is 8.30. The maximum Gasteiger partial charge on any atom is 0.270 e. The number of sulfone groups is 1. The van der Waals surface area contributed by atoms with Crippen LogP contribution in [-0.4, -0.2) is 79.2 Å². The molecule has 9 heteroatoms. The average Bonchev–Trinajstić information content (AvgIpc) is 3.00. The van der Waals surface area contributed by atoms with E-state index in [4.69, 9.17) is 4.74 Å². The molecule has 2 amide bonds. The molecule has 8 nitrogen and oxygen atoms in total. The summed E-state index contributed by atoms with van der Waals surface area (Å²) in [6, 6.07) is 0. The quantitative estimate of drug-likeness (QED) is 0.630. The number of amides is 2. The highest BCUT2D eigenvalue weighted by atomic mass is 32.2. The Kier molecular flexibility index (Phi) is 3.74. The second kappa shape index (κ2) is 5.32. The van der Waals surface area contributed by atoms with Crippen molar-refractivity contribution in [1.29, 1.82) is 0 Å². The largest absolute Gasteiger partial charge is 0.392 e. The highest BCUT2D eigenvalue weighted by Crippen LogP contribution is 2.38. The third kappa shape index (κ3) is 2.07. The first kappa shape index (κ1) is 15.4. The number of aliphatic hydroxyl groups is 1. The molecule has 0 unspecified atom stereocenters. The fourth-order valence-electron chi connectivity index (χ4n) is 3.25. The molecule has 0 radical (unpaired) electrons. The Bertz CT molecular complexity index is 649. The molecule has 2 fully saturated rings. The van der Waals surface area contributed by atoms with Crippen LogP contribution in [-0.2, 0) is 24.2 Å². The van der Waals surface area contributed by atoms with Crippen molar-refractivity contribution in [1.82, 2.24) is 9.80 Å². The van der Waals surface area contributed by atoms with Crippen LogP contribution in [0.15, 0.2) is 11.3 Å². The van der Waals surface area contributed by atoms with Crippen LogP contribution in [0, 0.1) is 0 Å². The van der Waals surface area contributed by atoms with Gasteiger partial charge in [0.25, 0.3) is 11.8 Å². The van der Waals surface area contributed by atoms with Gasteiger partial charge in [-0.1, -0.05) is 0 Å². The Balaban J connectivity index is 2.03. The molecule has 2 atom stereocenters. The minimum Gasteiger partial charge on any atom is -0.392 e. The van der Waals surface area contributed by atoms with Gasteiger partial charge >= 0.3 is 0 Å². The Hall–Kier alpha value is -1.45. The number of carbonyl (C=O) groups excluding carboxylic acids is 2. The van der Waals surface area contributed by atoms with Gasteiger partial charge in [0.05, 0.1) is 12.4 Å². The SMILES string of the molecule is CO[C@H]1C(=O)N2C(C(=O)N3CCCC3)=C(CO)CS(=O)(=O)[C@H]12. The monoisotopic (exact) mass is 330 g/mol. The minimum absolute atomic E-state index is 0.0162. The van der Waals surface area contributed by atoms with Gasteiger partial charge in [-0.15, -0.1) is 0 Å². The zero-order valence-electron chi connectivity index (χ0n) is 12.2. The topological polar surface area (TPSA) is 104 Å². The summed E-state index contributed by atoms with van der Waals surface area (Å²) in [4.78, 5) is 27.4. The van der Waals surface area contributed by atoms with Gasteiger partial charge in [-0.3, -0.25) is 14.5 Å². The van der Waals surface area contributed by atoms with E-state index in [2.05, 4.69) is 0 Å². The first-order valence-electron chi connectivity index (χ1n) is 7.12. The fourth-order valence-corrected chi connectivity index (χ4v) is 5.27. The number of methoxy groups -OCH3 is 1. The van der Waals surface area contributed by atoms with Gasteiger partial charge in [-0.2, -0.15) is 0 Å². The Morgan fingerprint density at radius 3 is 2.55 bits per heavy atom. The molecule has 22 heavy (non-hydrogen) atoms. The van der Waals surface area contributed by atoms with Crippen molar-refractivity contribution >= 4 is 21.7 Å². The van der Waals surface area contributed by atoms with E-state index in [1.54, 1.807) is 4.90 Å². The van der Waals surface area contributed by atoms with Gasteiger partial charge in [0, 0.05) is 20.2 Å². The predicted octanol–water partition coefficient (Wildman–Crippen LogP) is -1.53. The smallest absolute Gasteiger partial charge is 0.270 e. The standard InChI is InChI=1S/C13H18N2O6S/c1-21-10-12(18)15-9(11(17)14-4-2-3-5-14)8(6-16)7-22(19,20)13(10)15/h10,13,16H,2-7H2,1H3/t10-,13+/m0/s1. The van der Waals surface area contributed by atoms with Crippen molar-refractivity contribution in [3.05, 3.63) is 11.3 Å². The number of nitrogens with zero attached hydrogens (tertiary/aromatic N) is 2. The van der Waals surface area contributed by atoms with Crippen LogP contribution in [0.3, 0.4) is 0 Å². The van der Waals surface area contributed by atoms with Crippen LogP contribution in [0.4, 0.5) is 0 Å². The number of hydrogen-bond acceptors (Lipinski definition) is 6. The van der Waals surface area contributed by atoms with Crippen molar-refractivity contribution in [2.75, 3.05) is 32.6 Å². The molecule has 0 aliphatic carbocycles. The van der Waals surface area contributed by atoms with Crippen molar-refractivity contribution < 1.29 is 27.9 Å². The zero-order chi connectivity index (χ0) is 16.1. The number of aliphatic hydroxyl groups excluding tert-OH is 1. The lowest BCUT2D eigenvalue weighted by atomic mass is 10.0. The molecule has 0 aromatic rings. The summed E-state index contributed by atoms with van der Waals surface area (Å²) in [6.45, 7) is 0.588. The van der Waals surface area contributed by atoms with Gasteiger partial charge in [0.1, 0.15) is 5.70 Å². The highest BCUT2D eigenvalue weighted by Gasteiger charge is 2.60. The number of hydrogen-bond donors (Lipinski definition) is 1. The normalized spacial score (nSPS) is 30.4. The fraction of sp³-hybridized carbons (Fsp3) is 0.692. The second-order valence-corrected chi connectivity index (χ2v) is 7.77. The number of ether oxygens (including phenoxy) is 1. The molecule has 0 bridgehead atoms. The Morgan fingerprint density at radius 1 is 1.36 bits per heavy atom. The van der Waals surface area contributed by atoms with E-state index >= 15 is 0 Å². The molecule has 3 rings (SSSR count). The summed E-state index contributed by atoms with van der Waals surface area (Å²) in [6.07, 6.45) is 0.680. The van der Waals surface area contributed by atoms with Gasteiger partial charge in [0.2, 0.25) is 0 Å². The summed E-state index contributed by atoms with van der Waals surface area (Å²) in [7, 11) is -2.41. The minimum atomic E-state index is -3.68. The molecule has 0 aromatic heterocycles. The summed E-state index contributed by atoms with van der Waals surface area (Å²) in [5.74, 6) is -1.36. The lowest BCUT2D eigenvalue weighted by molar-refractivity contribution is -0.161. The molecule has 3 aliphatic rings. The molecule has 2 saturated heterocycles. The molecule has 0 aromatic carbocycles. The van der Waals surface area contributed by atoms with E-state index in [-0.39, 0.29) is 17.2 Å². The van der Waals surface area contributed by atoms with E-state index < -0.39 is 39.6 Å². The Labute approximate surface area is 128 Å². The summed E-state index contributed by atoms with van der Waals surface area (Å²) < 4.78 is 29.5. The van der Waals surface area contributed by atoms with Crippen LogP contribution in [0.5, 0.6) is 0 Å². The maximum absolute atomic E-state index is 12.6. The van der Waals surface area contributed by atoms with E-state index in [0.717, 1.165) is 17.7 Å². The summed E-state index contributed by atoms with van der Waals surface area (Å²) in [5.41, 5.74) is 0.0959. The predicted molar refractivity (Wildman–Crippen MR) is 75.1 cm³/mol. The van der Waals surface area contributed by atoms with Crippen LogP contribution in [0.25, 0.3) is 0 Å². The second-order valence-electron chi connectivity index (χ2n) is 5.67. The van der Waals surface area contributed by atoms with Gasteiger partial charge in [-0.25, -0.2) is 8.42 Å². The van der Waals surface area contributed by atoms with Crippen LogP contribution >= 0.6 is 0 Å². The zero-order valence-corrected chi connectivity index (χ0v) is 13.0. The lowest BCUT2D eigenvalue weighted by Crippen LogP contribution is -2.71. The van der Waals surface area contributed by atoms with Crippen LogP contribution < -0.4 is 0 Å². The van der Waals surface area contributed by atoms with E-state index in [9.17, 15) is 23.1 Å². The van der Waals surface area contributed by atoms with Crippen molar-refractivity contribution in [3.8, 4) is 0 Å². The van der Waals surface area contributed by atoms with Gasteiger partial charge < -0.3 is 14.7 Å². The number of fused-ring (bicyclic) bond motifs is 1. The molecule has 122 valence electrons. The van der Waals surface area contributed by atoms with Crippen molar-refractivity contribution in [2.45, 2.75) is 24.3 Å². The molecule has 0 saturated carbocycles. The van der Waals surface area contributed by atoms with Crippen LogP contribution in [0.2, 0.25) is 0 Å². The number of likely N-dealkylation sites (tertiary alicyclic amines) is 1. The first-order valence-corrected chi connectivity index (χ1v) is 8.83. The van der Waals surface area contributed by atoms with E-state index in [0.29, 0.717) is 13.1 Å². The maximum atomic E-state index is 12.6. The average molecular weight is 330 g/mol. The molecule has 1 N–H and O–H groups in total. The third-order valence-corrected chi connectivity index (χ3v) is 6.30. The van der Waals surface area contributed by atoms with Crippen molar-refractivity contribution in [3.63, 3.8) is 0 Å². The van der Waals surface area contributed by atoms with Gasteiger partial charge in [-0.05, 0) is 18.4 Å². The number of β-lactam (4-membered cyclic amide) rings is 1. The van der Waals surface area contributed by atoms with Crippen LogP contribution in [0.1, 0.15) is 12.8 Å². The molecule has 3 aliphatic heterocycles. The third-order valence-electron chi connectivity index (χ3n) is 4.35. The Morgan fingerprint density at radius 2 is 2.00 bits per heavy atom. The van der Waals surface area contributed by atoms with Gasteiger partial charge in [0.15, 0.2) is 21.3 Å². The molecule has 0 spiro atoms. The molecule has 3 heterocycles.